The molecule has 1 saturated heterocycles. The van der Waals surface area contributed by atoms with Crippen LogP contribution in [0.4, 0.5) is 10.5 Å². The van der Waals surface area contributed by atoms with Crippen LogP contribution < -0.4 is 4.90 Å². The Balaban J connectivity index is 1.42. The predicted octanol–water partition coefficient (Wildman–Crippen LogP) is 2.91. The Kier molecular flexibility index (Phi) is 6.09. The van der Waals surface area contributed by atoms with Gasteiger partial charge in [-0.15, -0.1) is 0 Å². The van der Waals surface area contributed by atoms with Gasteiger partial charge >= 0.3 is 12.0 Å². The van der Waals surface area contributed by atoms with Gasteiger partial charge in [-0.3, -0.25) is 19.4 Å². The van der Waals surface area contributed by atoms with Crippen molar-refractivity contribution in [1.29, 1.82) is 0 Å². The lowest BCUT2D eigenvalue weighted by atomic mass is 9.83. The Morgan fingerprint density at radius 3 is 2.47 bits per heavy atom. The van der Waals surface area contributed by atoms with Crippen LogP contribution in [-0.4, -0.2) is 65.5 Å². The number of carboxylic acids is 1. The average molecular weight is 414 g/mol. The lowest BCUT2D eigenvalue weighted by Gasteiger charge is -2.33. The molecule has 0 spiro atoms. The average Bonchev–Trinajstić information content (AvgIpc) is 2.90. The van der Waals surface area contributed by atoms with Crippen molar-refractivity contribution in [2.45, 2.75) is 57.4 Å². The van der Waals surface area contributed by atoms with Gasteiger partial charge in [0.15, 0.2) is 0 Å². The summed E-state index contributed by atoms with van der Waals surface area (Å²) in [5.74, 6) is -0.502. The summed E-state index contributed by atoms with van der Waals surface area (Å²) in [6, 6.07) is 5.90. The SMILES string of the molecule is CN1CCc2ccc(N3CC(=O)N([C@H]4CC[C@H](CCC(=O)O)CC4)C3=O)cc2CC1. The van der Waals surface area contributed by atoms with E-state index in [1.165, 1.54) is 16.0 Å². The molecule has 0 radical (unpaired) electrons. The summed E-state index contributed by atoms with van der Waals surface area (Å²) in [7, 11) is 2.13. The van der Waals surface area contributed by atoms with E-state index >= 15 is 0 Å². The Hall–Kier alpha value is -2.41. The third-order valence-electron chi connectivity index (χ3n) is 6.97. The zero-order valence-corrected chi connectivity index (χ0v) is 17.7. The standard InChI is InChI=1S/C23H31N3O4/c1-24-12-10-17-5-8-20(14-18(17)11-13-24)25-15-21(27)26(23(25)30)19-6-2-16(3-7-19)4-9-22(28)29/h5,8,14,16,19H,2-4,6-7,9-13,15H2,1H3,(H,28,29)/t16-,19-. The predicted molar refractivity (Wildman–Crippen MR) is 114 cm³/mol. The van der Waals surface area contributed by atoms with E-state index in [1.807, 2.05) is 6.07 Å². The number of benzene rings is 1. The van der Waals surface area contributed by atoms with E-state index in [0.717, 1.165) is 57.3 Å². The Morgan fingerprint density at radius 2 is 1.77 bits per heavy atom. The summed E-state index contributed by atoms with van der Waals surface area (Å²) in [6.07, 6.45) is 6.14. The van der Waals surface area contributed by atoms with Crippen LogP contribution in [0.2, 0.25) is 0 Å². The number of likely N-dealkylation sites (N-methyl/N-ethyl adjacent to an activating group) is 1. The van der Waals surface area contributed by atoms with E-state index in [1.54, 1.807) is 4.90 Å². The fourth-order valence-electron chi connectivity index (χ4n) is 5.09. The van der Waals surface area contributed by atoms with Gasteiger partial charge in [-0.25, -0.2) is 4.79 Å². The van der Waals surface area contributed by atoms with Gasteiger partial charge in [-0.1, -0.05) is 6.07 Å². The molecule has 1 aliphatic carbocycles. The van der Waals surface area contributed by atoms with Crippen LogP contribution in [0.25, 0.3) is 0 Å². The molecule has 162 valence electrons. The smallest absolute Gasteiger partial charge is 0.331 e. The summed E-state index contributed by atoms with van der Waals surface area (Å²) >= 11 is 0. The summed E-state index contributed by atoms with van der Waals surface area (Å²) in [4.78, 5) is 42.1. The van der Waals surface area contributed by atoms with Crippen molar-refractivity contribution < 1.29 is 19.5 Å². The number of hydrogen-bond acceptors (Lipinski definition) is 4. The molecule has 3 aliphatic rings. The van der Waals surface area contributed by atoms with Crippen LogP contribution >= 0.6 is 0 Å². The Morgan fingerprint density at radius 1 is 1.07 bits per heavy atom. The van der Waals surface area contributed by atoms with Crippen molar-refractivity contribution in [3.05, 3.63) is 29.3 Å². The summed E-state index contributed by atoms with van der Waals surface area (Å²) in [5, 5.41) is 8.87. The van der Waals surface area contributed by atoms with Crippen LogP contribution in [-0.2, 0) is 22.4 Å². The van der Waals surface area contributed by atoms with E-state index < -0.39 is 5.97 Å². The van der Waals surface area contributed by atoms with Crippen LogP contribution in [0.1, 0.15) is 49.7 Å². The van der Waals surface area contributed by atoms with Gasteiger partial charge in [0.2, 0.25) is 0 Å². The van der Waals surface area contributed by atoms with Crippen LogP contribution in [0.15, 0.2) is 18.2 Å². The minimum absolute atomic E-state index is 0.0643. The summed E-state index contributed by atoms with van der Waals surface area (Å²) in [6.45, 7) is 2.15. The van der Waals surface area contributed by atoms with Crippen molar-refractivity contribution in [2.24, 2.45) is 5.92 Å². The second-order valence-corrected chi connectivity index (χ2v) is 9.00. The fourth-order valence-corrected chi connectivity index (χ4v) is 5.09. The van der Waals surface area contributed by atoms with Crippen LogP contribution in [0.5, 0.6) is 0 Å². The maximum atomic E-state index is 13.1. The van der Waals surface area contributed by atoms with Crippen molar-refractivity contribution in [2.75, 3.05) is 31.6 Å². The number of carbonyl (C=O) groups is 3. The molecule has 2 fully saturated rings. The van der Waals surface area contributed by atoms with E-state index in [2.05, 4.69) is 24.1 Å². The largest absolute Gasteiger partial charge is 0.481 e. The molecule has 2 heterocycles. The lowest BCUT2D eigenvalue weighted by molar-refractivity contribution is -0.137. The first-order valence-corrected chi connectivity index (χ1v) is 11.1. The highest BCUT2D eigenvalue weighted by Crippen LogP contribution is 2.34. The minimum Gasteiger partial charge on any atom is -0.481 e. The van der Waals surface area contributed by atoms with Gasteiger partial charge in [-0.05, 0) is 81.2 Å². The minimum atomic E-state index is -0.759. The van der Waals surface area contributed by atoms with Crippen molar-refractivity contribution in [1.82, 2.24) is 9.80 Å². The van der Waals surface area contributed by atoms with Crippen molar-refractivity contribution in [3.63, 3.8) is 0 Å². The number of fused-ring (bicyclic) bond motifs is 1. The Bertz CT molecular complexity index is 832. The van der Waals surface area contributed by atoms with Gasteiger partial charge in [0.1, 0.15) is 6.54 Å². The van der Waals surface area contributed by atoms with E-state index in [9.17, 15) is 14.4 Å². The van der Waals surface area contributed by atoms with E-state index in [-0.39, 0.29) is 30.9 Å². The topological polar surface area (TPSA) is 81.2 Å². The number of carboxylic acid groups (broad SMARTS) is 1. The highest BCUT2D eigenvalue weighted by atomic mass is 16.4. The number of nitrogens with zero attached hydrogens (tertiary/aromatic N) is 3. The first-order valence-electron chi connectivity index (χ1n) is 11.1. The molecule has 0 atom stereocenters. The number of imide groups is 1. The second kappa shape index (κ2) is 8.76. The highest BCUT2D eigenvalue weighted by molar-refractivity contribution is 6.12. The van der Waals surface area contributed by atoms with Crippen molar-refractivity contribution >= 4 is 23.6 Å². The number of hydrogen-bond donors (Lipinski definition) is 1. The number of anilines is 1. The van der Waals surface area contributed by atoms with Gasteiger partial charge in [-0.2, -0.15) is 0 Å². The number of urea groups is 1. The third kappa shape index (κ3) is 4.36. The molecule has 1 saturated carbocycles. The monoisotopic (exact) mass is 413 g/mol. The zero-order chi connectivity index (χ0) is 21.3. The normalized spacial score (nSPS) is 25.4. The molecule has 4 rings (SSSR count). The molecule has 2 aliphatic heterocycles. The lowest BCUT2D eigenvalue weighted by Crippen LogP contribution is -2.43. The van der Waals surface area contributed by atoms with Crippen LogP contribution in [0, 0.1) is 5.92 Å². The molecule has 7 nitrogen and oxygen atoms in total. The van der Waals surface area contributed by atoms with Gasteiger partial charge < -0.3 is 10.0 Å². The molecule has 3 amide bonds. The van der Waals surface area contributed by atoms with Gasteiger partial charge in [0.25, 0.3) is 5.91 Å². The molecule has 0 bridgehead atoms. The maximum absolute atomic E-state index is 13.1. The first kappa shape index (κ1) is 20.8. The molecule has 0 aromatic heterocycles. The summed E-state index contributed by atoms with van der Waals surface area (Å²) in [5.41, 5.74) is 3.42. The molecule has 1 N–H and O–H groups in total. The first-order chi connectivity index (χ1) is 14.4. The van der Waals surface area contributed by atoms with E-state index in [0.29, 0.717) is 12.3 Å². The number of rotatable bonds is 5. The zero-order valence-electron chi connectivity index (χ0n) is 17.7. The number of amides is 3. The second-order valence-electron chi connectivity index (χ2n) is 9.00. The van der Waals surface area contributed by atoms with Gasteiger partial charge in [0.05, 0.1) is 0 Å². The number of aliphatic carboxylic acids is 1. The van der Waals surface area contributed by atoms with Crippen molar-refractivity contribution in [3.8, 4) is 0 Å². The fraction of sp³-hybridized carbons (Fsp3) is 0.609. The molecule has 30 heavy (non-hydrogen) atoms. The quantitative estimate of drug-likeness (QED) is 0.751. The molecule has 1 aromatic carbocycles. The summed E-state index contributed by atoms with van der Waals surface area (Å²) < 4.78 is 0. The number of carbonyl (C=O) groups excluding carboxylic acids is 2. The third-order valence-corrected chi connectivity index (χ3v) is 6.97. The van der Waals surface area contributed by atoms with Gasteiger partial charge in [0, 0.05) is 31.2 Å². The molecule has 7 heteroatoms. The molecule has 0 unspecified atom stereocenters. The Labute approximate surface area is 177 Å². The van der Waals surface area contributed by atoms with Crippen LogP contribution in [0.3, 0.4) is 0 Å². The maximum Gasteiger partial charge on any atom is 0.331 e. The molecule has 1 aromatic rings. The van der Waals surface area contributed by atoms with E-state index in [4.69, 9.17) is 5.11 Å². The highest BCUT2D eigenvalue weighted by Gasteiger charge is 2.42. The molecular weight excluding hydrogens is 382 g/mol. The molecular formula is C23H31N3O4.